The molecule has 6 heteroatoms. The van der Waals surface area contributed by atoms with E-state index in [1.807, 2.05) is 6.26 Å². The molecule has 0 aliphatic carbocycles. The van der Waals surface area contributed by atoms with E-state index in [4.69, 9.17) is 29.6 Å². The summed E-state index contributed by atoms with van der Waals surface area (Å²) in [6.07, 6.45) is 1.86. The van der Waals surface area contributed by atoms with Gasteiger partial charge in [0.25, 0.3) is 0 Å². The predicted molar refractivity (Wildman–Crippen MR) is 74.4 cm³/mol. The van der Waals surface area contributed by atoms with Crippen molar-refractivity contribution in [2.24, 2.45) is 5.73 Å². The van der Waals surface area contributed by atoms with Gasteiger partial charge in [-0.05, 0) is 24.5 Å². The number of nitrogens with two attached hydrogens (primary N) is 1. The summed E-state index contributed by atoms with van der Waals surface area (Å²) < 4.78 is 0. The summed E-state index contributed by atoms with van der Waals surface area (Å²) in [5.74, 6) is 0.311. The van der Waals surface area contributed by atoms with Gasteiger partial charge in [0.1, 0.15) is 4.99 Å². The van der Waals surface area contributed by atoms with Crippen molar-refractivity contribution >= 4 is 52.2 Å². The molecule has 3 N–H and O–H groups in total. The van der Waals surface area contributed by atoms with Crippen LogP contribution >= 0.6 is 35.6 Å². The molecule has 0 unspecified atom stereocenters. The van der Waals surface area contributed by atoms with Crippen LogP contribution < -0.4 is 11.1 Å². The third kappa shape index (κ3) is 3.66. The number of rotatable bonds is 4. The van der Waals surface area contributed by atoms with Gasteiger partial charge in [0.05, 0.1) is 16.5 Å². The number of thiocarbonyl (C=S) groups is 1. The minimum atomic E-state index is -0.0857. The fraction of sp³-hybridized carbons (Fsp3) is 0.200. The van der Waals surface area contributed by atoms with Crippen LogP contribution in [0.3, 0.4) is 0 Å². The zero-order chi connectivity index (χ0) is 12.1. The fourth-order valence-corrected chi connectivity index (χ4v) is 1.78. The largest absolute Gasteiger partial charge is 0.389 e. The molecule has 1 rings (SSSR count). The highest BCUT2D eigenvalue weighted by atomic mass is 35.5. The number of amides is 1. The molecular formula is C10H11ClN2OS2. The lowest BCUT2D eigenvalue weighted by molar-refractivity contribution is -0.113. The van der Waals surface area contributed by atoms with Crippen LogP contribution in [0.4, 0.5) is 5.69 Å². The molecule has 0 atom stereocenters. The molecule has 3 nitrogen and oxygen atoms in total. The highest BCUT2D eigenvalue weighted by molar-refractivity contribution is 7.99. The van der Waals surface area contributed by atoms with Crippen LogP contribution in [0.25, 0.3) is 0 Å². The monoisotopic (exact) mass is 274 g/mol. The maximum atomic E-state index is 11.3. The Kier molecular flexibility index (Phi) is 5.05. The van der Waals surface area contributed by atoms with Gasteiger partial charge in [0.15, 0.2) is 0 Å². The van der Waals surface area contributed by atoms with Crippen molar-refractivity contribution in [3.63, 3.8) is 0 Å². The van der Waals surface area contributed by atoms with Crippen molar-refractivity contribution in [3.8, 4) is 0 Å². The number of nitrogens with one attached hydrogen (secondary N) is 1. The smallest absolute Gasteiger partial charge is 0.234 e. The molecule has 86 valence electrons. The van der Waals surface area contributed by atoms with E-state index in [1.165, 1.54) is 11.8 Å². The topological polar surface area (TPSA) is 55.1 Å². The number of benzene rings is 1. The summed E-state index contributed by atoms with van der Waals surface area (Å²) in [5, 5.41) is 3.13. The molecule has 0 radical (unpaired) electrons. The lowest BCUT2D eigenvalue weighted by atomic mass is 10.2. The second-order valence-electron chi connectivity index (χ2n) is 3.04. The van der Waals surface area contributed by atoms with Crippen LogP contribution in [0.5, 0.6) is 0 Å². The Morgan fingerprint density at radius 3 is 2.81 bits per heavy atom. The third-order valence-corrected chi connectivity index (χ3v) is 2.90. The Morgan fingerprint density at radius 1 is 1.62 bits per heavy atom. The number of hydrogen-bond donors (Lipinski definition) is 2. The second-order valence-corrected chi connectivity index (χ2v) is 4.75. The minimum absolute atomic E-state index is 0.0857. The van der Waals surface area contributed by atoms with Gasteiger partial charge in [0.2, 0.25) is 5.91 Å². The van der Waals surface area contributed by atoms with E-state index in [1.54, 1.807) is 18.2 Å². The number of carbonyl (C=O) groups is 1. The van der Waals surface area contributed by atoms with E-state index in [0.29, 0.717) is 22.0 Å². The van der Waals surface area contributed by atoms with Crippen LogP contribution in [-0.4, -0.2) is 22.9 Å². The Hall–Kier alpha value is -0.780. The zero-order valence-electron chi connectivity index (χ0n) is 8.62. The standard InChI is InChI=1S/C10H11ClN2OS2/c1-16-5-9(14)13-8-3-2-6(10(12)15)4-7(8)11/h2-4H,5H2,1H3,(H2,12,15)(H,13,14). The SMILES string of the molecule is CSCC(=O)Nc1ccc(C(N)=S)cc1Cl. The number of thioether (sulfide) groups is 1. The van der Waals surface area contributed by atoms with Crippen LogP contribution in [0.15, 0.2) is 18.2 Å². The first-order valence-electron chi connectivity index (χ1n) is 4.42. The highest BCUT2D eigenvalue weighted by Gasteiger charge is 2.06. The van der Waals surface area contributed by atoms with Crippen LogP contribution in [0, 0.1) is 0 Å². The zero-order valence-corrected chi connectivity index (χ0v) is 11.0. The molecule has 1 aromatic rings. The summed E-state index contributed by atoms with van der Waals surface area (Å²) in [6, 6.07) is 5.05. The molecular weight excluding hydrogens is 264 g/mol. The van der Waals surface area contributed by atoms with Crippen molar-refractivity contribution in [2.45, 2.75) is 0 Å². The molecule has 0 heterocycles. The van der Waals surface area contributed by atoms with E-state index >= 15 is 0 Å². The molecule has 0 bridgehead atoms. The van der Waals surface area contributed by atoms with Crippen LogP contribution in [-0.2, 0) is 4.79 Å². The molecule has 0 saturated carbocycles. The summed E-state index contributed by atoms with van der Waals surface area (Å²) in [5.41, 5.74) is 6.72. The Morgan fingerprint density at radius 2 is 2.31 bits per heavy atom. The first kappa shape index (κ1) is 13.3. The Bertz CT molecular complexity index is 423. The van der Waals surface area contributed by atoms with Gasteiger partial charge in [-0.3, -0.25) is 4.79 Å². The first-order chi connectivity index (χ1) is 7.54. The Labute approximate surface area is 109 Å². The lowest BCUT2D eigenvalue weighted by Crippen LogP contribution is -2.15. The lowest BCUT2D eigenvalue weighted by Gasteiger charge is -2.07. The van der Waals surface area contributed by atoms with Gasteiger partial charge in [0, 0.05) is 5.56 Å². The highest BCUT2D eigenvalue weighted by Crippen LogP contribution is 2.23. The van der Waals surface area contributed by atoms with Gasteiger partial charge in [-0.1, -0.05) is 23.8 Å². The van der Waals surface area contributed by atoms with E-state index in [9.17, 15) is 4.79 Å². The third-order valence-electron chi connectivity index (χ3n) is 1.80. The maximum absolute atomic E-state index is 11.3. The number of hydrogen-bond acceptors (Lipinski definition) is 3. The summed E-state index contributed by atoms with van der Waals surface area (Å²) in [7, 11) is 0. The van der Waals surface area contributed by atoms with Gasteiger partial charge < -0.3 is 11.1 Å². The normalized spacial score (nSPS) is 9.88. The van der Waals surface area contributed by atoms with Crippen molar-refractivity contribution in [3.05, 3.63) is 28.8 Å². The van der Waals surface area contributed by atoms with Crippen LogP contribution in [0.2, 0.25) is 5.02 Å². The van der Waals surface area contributed by atoms with Gasteiger partial charge >= 0.3 is 0 Å². The van der Waals surface area contributed by atoms with Crippen molar-refractivity contribution in [1.82, 2.24) is 0 Å². The first-order valence-corrected chi connectivity index (χ1v) is 6.60. The summed E-state index contributed by atoms with van der Waals surface area (Å²) in [4.78, 5) is 11.6. The van der Waals surface area contributed by atoms with Crippen molar-refractivity contribution in [1.29, 1.82) is 0 Å². The molecule has 1 aromatic carbocycles. The minimum Gasteiger partial charge on any atom is -0.389 e. The van der Waals surface area contributed by atoms with E-state index in [2.05, 4.69) is 5.32 Å². The maximum Gasteiger partial charge on any atom is 0.234 e. The molecule has 0 aliphatic heterocycles. The molecule has 16 heavy (non-hydrogen) atoms. The summed E-state index contributed by atoms with van der Waals surface area (Å²) >= 11 is 12.3. The molecule has 0 fully saturated rings. The molecule has 0 aromatic heterocycles. The predicted octanol–water partition coefficient (Wildman–Crippen LogP) is 2.28. The van der Waals surface area contributed by atoms with Gasteiger partial charge in [-0.2, -0.15) is 11.8 Å². The quantitative estimate of drug-likeness (QED) is 0.827. The average molecular weight is 275 g/mol. The van der Waals surface area contributed by atoms with Gasteiger partial charge in [-0.15, -0.1) is 0 Å². The second kappa shape index (κ2) is 6.08. The average Bonchev–Trinajstić information content (AvgIpc) is 2.21. The molecule has 0 spiro atoms. The van der Waals surface area contributed by atoms with E-state index in [-0.39, 0.29) is 10.9 Å². The number of carbonyl (C=O) groups excluding carboxylic acids is 1. The van der Waals surface area contributed by atoms with Crippen molar-refractivity contribution in [2.75, 3.05) is 17.3 Å². The molecule has 0 aliphatic rings. The number of halogens is 1. The molecule has 0 saturated heterocycles. The van der Waals surface area contributed by atoms with E-state index < -0.39 is 0 Å². The van der Waals surface area contributed by atoms with Crippen molar-refractivity contribution < 1.29 is 4.79 Å². The fourth-order valence-electron chi connectivity index (χ4n) is 1.09. The van der Waals surface area contributed by atoms with Gasteiger partial charge in [-0.25, -0.2) is 0 Å². The summed E-state index contributed by atoms with van der Waals surface area (Å²) in [6.45, 7) is 0. The van der Waals surface area contributed by atoms with E-state index in [0.717, 1.165) is 0 Å². The van der Waals surface area contributed by atoms with Crippen LogP contribution in [0.1, 0.15) is 5.56 Å². The molecule has 1 amide bonds. The number of anilines is 1. The Balaban J connectivity index is 2.83.